The number of hydrogen-bond donors (Lipinski definition) is 2. The van der Waals surface area contributed by atoms with Gasteiger partial charge in [-0.3, -0.25) is 10.1 Å². The van der Waals surface area contributed by atoms with Crippen LogP contribution in [0, 0.1) is 0 Å². The van der Waals surface area contributed by atoms with Gasteiger partial charge in [-0.1, -0.05) is 23.9 Å². The van der Waals surface area contributed by atoms with Crippen molar-refractivity contribution in [1.29, 1.82) is 0 Å². The van der Waals surface area contributed by atoms with E-state index in [0.29, 0.717) is 29.4 Å². The molecule has 8 nitrogen and oxygen atoms in total. The van der Waals surface area contributed by atoms with Crippen molar-refractivity contribution in [1.82, 2.24) is 10.2 Å². The molecular weight excluding hydrogens is 454 g/mol. The summed E-state index contributed by atoms with van der Waals surface area (Å²) < 4.78 is 10.2. The maximum atomic E-state index is 12.2. The minimum absolute atomic E-state index is 0. The van der Waals surface area contributed by atoms with Crippen molar-refractivity contribution < 1.29 is 23.9 Å². The monoisotopic (exact) mass is 479 g/mol. The van der Waals surface area contributed by atoms with E-state index in [1.165, 1.54) is 11.8 Å². The van der Waals surface area contributed by atoms with Crippen LogP contribution in [0.15, 0.2) is 48.5 Å². The highest BCUT2D eigenvalue weighted by molar-refractivity contribution is 8.12. The molecule has 0 bridgehead atoms. The second-order valence-corrected chi connectivity index (χ2v) is 7.67. The van der Waals surface area contributed by atoms with Crippen LogP contribution in [0.25, 0.3) is 0 Å². The Morgan fingerprint density at radius 2 is 1.69 bits per heavy atom. The highest BCUT2D eigenvalue weighted by atomic mass is 35.5. The van der Waals surface area contributed by atoms with Crippen LogP contribution in [0.5, 0.6) is 5.75 Å². The molecule has 0 aliphatic carbocycles. The zero-order valence-corrected chi connectivity index (χ0v) is 19.3. The van der Waals surface area contributed by atoms with Gasteiger partial charge in [0.15, 0.2) is 0 Å². The summed E-state index contributed by atoms with van der Waals surface area (Å²) in [5, 5.41) is 5.91. The van der Waals surface area contributed by atoms with Crippen LogP contribution in [0.1, 0.15) is 22.8 Å². The van der Waals surface area contributed by atoms with Gasteiger partial charge in [0.25, 0.3) is 5.24 Å². The van der Waals surface area contributed by atoms with E-state index in [2.05, 4.69) is 10.6 Å². The summed E-state index contributed by atoms with van der Waals surface area (Å²) in [4.78, 5) is 37.8. The summed E-state index contributed by atoms with van der Waals surface area (Å²) in [6, 6.07) is 13.4. The van der Waals surface area contributed by atoms with Crippen molar-refractivity contribution in [2.45, 2.75) is 12.7 Å². The Hall–Kier alpha value is -2.75. The SMILES string of the molecule is CCOC(=O)c1ccc(NC(=O)Oc2ccc(CSC(=O)N3CCNCC3)cc2)cc1.Cl. The van der Waals surface area contributed by atoms with Gasteiger partial charge in [0.1, 0.15) is 5.75 Å². The average molecular weight is 480 g/mol. The Kier molecular flexibility index (Phi) is 10.3. The number of benzene rings is 2. The molecule has 2 aromatic rings. The first-order valence-corrected chi connectivity index (χ1v) is 11.0. The number of piperazine rings is 1. The van der Waals surface area contributed by atoms with Crippen molar-refractivity contribution in [2.75, 3.05) is 38.1 Å². The quantitative estimate of drug-likeness (QED) is 0.600. The first-order chi connectivity index (χ1) is 15.0. The van der Waals surface area contributed by atoms with Gasteiger partial charge in [-0.2, -0.15) is 0 Å². The number of rotatable bonds is 6. The highest BCUT2D eigenvalue weighted by Gasteiger charge is 2.16. The van der Waals surface area contributed by atoms with Gasteiger partial charge in [0.2, 0.25) is 0 Å². The van der Waals surface area contributed by atoms with Crippen molar-refractivity contribution >= 4 is 47.2 Å². The van der Waals surface area contributed by atoms with Gasteiger partial charge in [-0.05, 0) is 48.9 Å². The first-order valence-electron chi connectivity index (χ1n) is 10.0. The lowest BCUT2D eigenvalue weighted by Crippen LogP contribution is -2.45. The van der Waals surface area contributed by atoms with E-state index in [-0.39, 0.29) is 17.6 Å². The molecule has 1 aliphatic rings. The zero-order valence-electron chi connectivity index (χ0n) is 17.7. The number of amides is 2. The highest BCUT2D eigenvalue weighted by Crippen LogP contribution is 2.20. The van der Waals surface area contributed by atoms with Crippen molar-refractivity contribution in [2.24, 2.45) is 0 Å². The smallest absolute Gasteiger partial charge is 0.417 e. The molecule has 32 heavy (non-hydrogen) atoms. The fraction of sp³-hybridized carbons (Fsp3) is 0.318. The van der Waals surface area contributed by atoms with Crippen LogP contribution in [-0.4, -0.2) is 55.0 Å². The molecule has 10 heteroatoms. The summed E-state index contributed by atoms with van der Waals surface area (Å²) in [6.45, 7) is 5.17. The molecule has 2 aromatic carbocycles. The molecule has 2 N–H and O–H groups in total. The normalized spacial score (nSPS) is 13.0. The second-order valence-electron chi connectivity index (χ2n) is 6.75. The minimum atomic E-state index is -0.639. The van der Waals surface area contributed by atoms with Crippen LogP contribution in [0.3, 0.4) is 0 Å². The van der Waals surface area contributed by atoms with Gasteiger partial charge in [-0.25, -0.2) is 9.59 Å². The Morgan fingerprint density at radius 1 is 1.03 bits per heavy atom. The molecule has 2 amide bonds. The van der Waals surface area contributed by atoms with Crippen LogP contribution in [-0.2, 0) is 10.5 Å². The van der Waals surface area contributed by atoms with Crippen molar-refractivity contribution in [3.63, 3.8) is 0 Å². The van der Waals surface area contributed by atoms with Crippen LogP contribution >= 0.6 is 24.2 Å². The molecule has 0 radical (unpaired) electrons. The fourth-order valence-corrected chi connectivity index (χ4v) is 3.74. The maximum absolute atomic E-state index is 12.2. The van der Waals surface area contributed by atoms with Gasteiger partial charge in [-0.15, -0.1) is 12.4 Å². The third-order valence-corrected chi connectivity index (χ3v) is 5.50. The lowest BCUT2D eigenvalue weighted by atomic mass is 10.2. The third kappa shape index (κ3) is 7.74. The van der Waals surface area contributed by atoms with E-state index >= 15 is 0 Å². The number of carbonyl (C=O) groups is 3. The molecule has 0 atom stereocenters. The predicted octanol–water partition coefficient (Wildman–Crippen LogP) is 4.15. The molecule has 0 spiro atoms. The molecule has 3 rings (SSSR count). The zero-order chi connectivity index (χ0) is 22.1. The summed E-state index contributed by atoms with van der Waals surface area (Å²) >= 11 is 1.27. The molecule has 172 valence electrons. The fourth-order valence-electron chi connectivity index (χ4n) is 2.89. The molecule has 1 aliphatic heterocycles. The lowest BCUT2D eigenvalue weighted by molar-refractivity contribution is 0.0526. The lowest BCUT2D eigenvalue weighted by Gasteiger charge is -2.26. The van der Waals surface area contributed by atoms with Crippen molar-refractivity contribution in [3.05, 3.63) is 59.7 Å². The van der Waals surface area contributed by atoms with E-state index in [0.717, 1.165) is 31.7 Å². The Balaban J connectivity index is 0.00000363. The Morgan fingerprint density at radius 3 is 2.31 bits per heavy atom. The van der Waals surface area contributed by atoms with Gasteiger partial charge < -0.3 is 19.7 Å². The number of nitrogens with one attached hydrogen (secondary N) is 2. The number of thioether (sulfide) groups is 1. The number of hydrogen-bond acceptors (Lipinski definition) is 7. The molecule has 0 unspecified atom stereocenters. The molecular formula is C22H26ClN3O5S. The Labute approximate surface area is 197 Å². The first kappa shape index (κ1) is 25.5. The number of ether oxygens (including phenoxy) is 2. The number of halogens is 1. The molecule has 0 saturated carbocycles. The van der Waals surface area contributed by atoms with Crippen molar-refractivity contribution in [3.8, 4) is 5.75 Å². The van der Waals surface area contributed by atoms with E-state index in [1.807, 2.05) is 17.0 Å². The molecule has 1 saturated heterocycles. The minimum Gasteiger partial charge on any atom is -0.462 e. The predicted molar refractivity (Wildman–Crippen MR) is 127 cm³/mol. The molecule has 1 heterocycles. The summed E-state index contributed by atoms with van der Waals surface area (Å²) in [5.74, 6) is 0.537. The van der Waals surface area contributed by atoms with E-state index in [4.69, 9.17) is 9.47 Å². The van der Waals surface area contributed by atoms with Gasteiger partial charge in [0.05, 0.1) is 12.2 Å². The largest absolute Gasteiger partial charge is 0.462 e. The Bertz CT molecular complexity index is 903. The van der Waals surface area contributed by atoms with Crippen LogP contribution < -0.4 is 15.4 Å². The van der Waals surface area contributed by atoms with Gasteiger partial charge >= 0.3 is 12.1 Å². The molecule has 0 aromatic heterocycles. The van der Waals surface area contributed by atoms with Crippen LogP contribution in [0.4, 0.5) is 15.3 Å². The average Bonchev–Trinajstić information content (AvgIpc) is 2.79. The van der Waals surface area contributed by atoms with E-state index in [9.17, 15) is 14.4 Å². The van der Waals surface area contributed by atoms with Crippen LogP contribution in [0.2, 0.25) is 0 Å². The standard InChI is InChI=1S/C22H25N3O5S.ClH/c1-2-29-20(26)17-5-7-18(8-6-17)24-21(27)30-19-9-3-16(4-10-19)15-31-22(28)25-13-11-23-12-14-25;/h3-10,23H,2,11-15H2,1H3,(H,24,27);1H. The molecule has 1 fully saturated rings. The number of esters is 1. The number of nitrogens with zero attached hydrogens (tertiary/aromatic N) is 1. The maximum Gasteiger partial charge on any atom is 0.417 e. The summed E-state index contributed by atoms with van der Waals surface area (Å²) in [5.41, 5.74) is 1.87. The second kappa shape index (κ2) is 12.9. The number of carbonyl (C=O) groups excluding carboxylic acids is 3. The third-order valence-electron chi connectivity index (χ3n) is 4.51. The number of anilines is 1. The van der Waals surface area contributed by atoms with E-state index < -0.39 is 12.1 Å². The van der Waals surface area contributed by atoms with Gasteiger partial charge in [0, 0.05) is 37.6 Å². The van der Waals surface area contributed by atoms with E-state index in [1.54, 1.807) is 43.3 Å². The summed E-state index contributed by atoms with van der Waals surface area (Å²) in [6.07, 6.45) is -0.639. The topological polar surface area (TPSA) is 97.0 Å². The summed E-state index contributed by atoms with van der Waals surface area (Å²) in [7, 11) is 0.